The van der Waals surface area contributed by atoms with Crippen molar-refractivity contribution in [1.82, 2.24) is 4.68 Å². The molecule has 0 amide bonds. The Kier molecular flexibility index (Phi) is 1.52. The van der Waals surface area contributed by atoms with E-state index >= 15 is 0 Å². The van der Waals surface area contributed by atoms with Crippen molar-refractivity contribution in [3.8, 4) is 0 Å². The average molecular weight is 184 g/mol. The second-order valence-corrected chi connectivity index (χ2v) is 3.26. The molecule has 3 rings (SSSR count). The lowest BCUT2D eigenvalue weighted by atomic mass is 10.3. The predicted molar refractivity (Wildman–Crippen MR) is 55.9 cm³/mol. The lowest BCUT2D eigenvalue weighted by Crippen LogP contribution is -3.08. The minimum absolute atomic E-state index is 1.12. The number of quaternary nitrogens is 1. The van der Waals surface area contributed by atoms with Gasteiger partial charge in [-0.15, -0.1) is 0 Å². The molecule has 3 heteroatoms. The summed E-state index contributed by atoms with van der Waals surface area (Å²) in [5, 5.41) is 2.37. The summed E-state index contributed by atoms with van der Waals surface area (Å²) in [7, 11) is 0. The number of para-hydroxylation sites is 1. The van der Waals surface area contributed by atoms with Crippen LogP contribution in [0.15, 0.2) is 53.9 Å². The molecule has 2 aromatic rings. The molecule has 1 aromatic heterocycles. The Hall–Kier alpha value is -1.87. The smallest absolute Gasteiger partial charge is 0.204 e. The average Bonchev–Trinajstić information content (AvgIpc) is 2.85. The summed E-state index contributed by atoms with van der Waals surface area (Å²) in [5.41, 5.74) is 1.22. The van der Waals surface area contributed by atoms with Gasteiger partial charge in [0.15, 0.2) is 0 Å². The van der Waals surface area contributed by atoms with E-state index in [2.05, 4.69) is 46.2 Å². The maximum Gasteiger partial charge on any atom is 0.218 e. The van der Waals surface area contributed by atoms with E-state index in [4.69, 9.17) is 0 Å². The molecule has 3 nitrogen and oxygen atoms in total. The van der Waals surface area contributed by atoms with Crippen LogP contribution in [0.25, 0.3) is 10.9 Å². The van der Waals surface area contributed by atoms with Crippen molar-refractivity contribution in [1.29, 1.82) is 0 Å². The Labute approximate surface area is 81.6 Å². The summed E-state index contributed by atoms with van der Waals surface area (Å²) in [6, 6.07) is 10.4. The first-order valence-electron chi connectivity index (χ1n) is 4.58. The first kappa shape index (κ1) is 7.53. The Morgan fingerprint density at radius 3 is 2.93 bits per heavy atom. The number of rotatable bonds is 1. The first-order valence-corrected chi connectivity index (χ1v) is 4.58. The molecule has 0 aliphatic carbocycles. The molecule has 2 heterocycles. The van der Waals surface area contributed by atoms with Crippen LogP contribution >= 0.6 is 0 Å². The lowest BCUT2D eigenvalue weighted by molar-refractivity contribution is -0.786. The van der Waals surface area contributed by atoms with E-state index < -0.39 is 0 Å². The summed E-state index contributed by atoms with van der Waals surface area (Å²) in [6.45, 7) is 0. The first-order chi connectivity index (χ1) is 6.95. The van der Waals surface area contributed by atoms with E-state index in [1.54, 1.807) is 0 Å². The topological polar surface area (TPSA) is 21.7 Å². The Bertz CT molecular complexity index is 510. The van der Waals surface area contributed by atoms with Crippen LogP contribution in [0.1, 0.15) is 0 Å². The molecule has 0 radical (unpaired) electrons. The van der Waals surface area contributed by atoms with E-state index in [0.717, 1.165) is 5.01 Å². The third kappa shape index (κ3) is 0.995. The number of aliphatic imine (C=N–C) groups is 1. The standard InChI is InChI=1S/C11H9N3/c1-2-4-11-10(3-1)5-7-14(11)13-8-6-12-9-13/h1-9H/p+1. The molecule has 0 bridgehead atoms. The number of benzene rings is 1. The fourth-order valence-electron chi connectivity index (χ4n) is 1.73. The highest BCUT2D eigenvalue weighted by molar-refractivity contribution is 5.79. The summed E-state index contributed by atoms with van der Waals surface area (Å²) < 4.78 is 2.14. The van der Waals surface area contributed by atoms with Gasteiger partial charge in [0.2, 0.25) is 6.34 Å². The van der Waals surface area contributed by atoms with Crippen molar-refractivity contribution in [2.75, 3.05) is 0 Å². The highest BCUT2D eigenvalue weighted by Gasteiger charge is 2.10. The molecule has 1 N–H and O–H groups in total. The maximum absolute atomic E-state index is 4.06. The van der Waals surface area contributed by atoms with Gasteiger partial charge in [-0.3, -0.25) is 0 Å². The maximum atomic E-state index is 4.06. The van der Waals surface area contributed by atoms with E-state index in [-0.39, 0.29) is 0 Å². The van der Waals surface area contributed by atoms with Gasteiger partial charge in [-0.2, -0.15) is 9.69 Å². The number of fused-ring (bicyclic) bond motifs is 1. The number of nitrogens with one attached hydrogen (secondary N) is 1. The van der Waals surface area contributed by atoms with Crippen LogP contribution in [0.5, 0.6) is 0 Å². The Morgan fingerprint density at radius 1 is 1.14 bits per heavy atom. The molecule has 1 aliphatic heterocycles. The summed E-state index contributed by atoms with van der Waals surface area (Å²) in [4.78, 5) is 4.06. The van der Waals surface area contributed by atoms with Crippen molar-refractivity contribution in [2.24, 2.45) is 4.99 Å². The minimum atomic E-state index is 1.12. The van der Waals surface area contributed by atoms with Crippen LogP contribution in [0.2, 0.25) is 0 Å². The zero-order chi connectivity index (χ0) is 9.38. The summed E-state index contributed by atoms with van der Waals surface area (Å²) >= 11 is 0. The number of aromatic nitrogens is 1. The molecular formula is C11H10N3+. The minimum Gasteiger partial charge on any atom is -0.204 e. The number of nitrogens with zero attached hydrogens (tertiary/aromatic N) is 2. The quantitative estimate of drug-likeness (QED) is 0.677. The van der Waals surface area contributed by atoms with E-state index in [0.29, 0.717) is 0 Å². The highest BCUT2D eigenvalue weighted by Crippen LogP contribution is 2.11. The number of hydrogen-bond donors (Lipinski definition) is 1. The monoisotopic (exact) mass is 184 g/mol. The molecule has 1 aromatic carbocycles. The Morgan fingerprint density at radius 2 is 2.07 bits per heavy atom. The number of hydrogen-bond acceptors (Lipinski definition) is 1. The molecule has 1 aliphatic rings. The van der Waals surface area contributed by atoms with Crippen LogP contribution in [-0.2, 0) is 0 Å². The van der Waals surface area contributed by atoms with Gasteiger partial charge in [-0.25, -0.2) is 4.99 Å². The normalized spacial score (nSPS) is 19.6. The fourth-order valence-corrected chi connectivity index (χ4v) is 1.73. The highest BCUT2D eigenvalue weighted by atomic mass is 15.5. The van der Waals surface area contributed by atoms with Gasteiger partial charge in [-0.05, 0) is 12.1 Å². The summed E-state index contributed by atoms with van der Waals surface area (Å²) in [5.74, 6) is 0. The molecule has 0 saturated heterocycles. The van der Waals surface area contributed by atoms with Crippen LogP contribution in [-0.4, -0.2) is 11.0 Å². The van der Waals surface area contributed by atoms with Crippen LogP contribution < -0.4 is 5.01 Å². The zero-order valence-corrected chi connectivity index (χ0v) is 7.59. The molecule has 0 saturated carbocycles. The molecule has 1 atom stereocenters. The molecule has 0 fully saturated rings. The van der Waals surface area contributed by atoms with Gasteiger partial charge in [0.25, 0.3) is 0 Å². The van der Waals surface area contributed by atoms with E-state index in [1.807, 2.05) is 18.7 Å². The lowest BCUT2D eigenvalue weighted by Gasteiger charge is -2.07. The van der Waals surface area contributed by atoms with E-state index in [9.17, 15) is 0 Å². The van der Waals surface area contributed by atoms with Crippen molar-refractivity contribution in [2.45, 2.75) is 0 Å². The fraction of sp³-hybridized carbons (Fsp3) is 0. The second kappa shape index (κ2) is 2.82. The third-order valence-corrected chi connectivity index (χ3v) is 2.42. The van der Waals surface area contributed by atoms with Gasteiger partial charge in [0.05, 0.1) is 12.4 Å². The van der Waals surface area contributed by atoms with E-state index in [1.165, 1.54) is 10.9 Å². The van der Waals surface area contributed by atoms with Crippen molar-refractivity contribution in [3.05, 3.63) is 48.9 Å². The van der Waals surface area contributed by atoms with Crippen molar-refractivity contribution >= 4 is 17.2 Å². The molecule has 0 spiro atoms. The van der Waals surface area contributed by atoms with Gasteiger partial charge in [0, 0.05) is 5.39 Å². The van der Waals surface area contributed by atoms with Crippen LogP contribution in [0.3, 0.4) is 0 Å². The Balaban J connectivity index is 2.21. The molecule has 14 heavy (non-hydrogen) atoms. The predicted octanol–water partition coefficient (Wildman–Crippen LogP) is 0.802. The summed E-state index contributed by atoms with van der Waals surface area (Å²) in [6.07, 6.45) is 7.75. The molecular weight excluding hydrogens is 174 g/mol. The van der Waals surface area contributed by atoms with Crippen molar-refractivity contribution in [3.63, 3.8) is 0 Å². The van der Waals surface area contributed by atoms with Crippen LogP contribution in [0, 0.1) is 0 Å². The largest absolute Gasteiger partial charge is 0.218 e. The van der Waals surface area contributed by atoms with Gasteiger partial charge in [-0.1, -0.05) is 18.2 Å². The molecule has 68 valence electrons. The molecule has 1 unspecified atom stereocenters. The third-order valence-electron chi connectivity index (χ3n) is 2.42. The van der Waals surface area contributed by atoms with Gasteiger partial charge in [0.1, 0.15) is 11.7 Å². The van der Waals surface area contributed by atoms with Gasteiger partial charge >= 0.3 is 0 Å². The van der Waals surface area contributed by atoms with Crippen molar-refractivity contribution < 1.29 is 5.01 Å². The van der Waals surface area contributed by atoms with Gasteiger partial charge < -0.3 is 0 Å². The second-order valence-electron chi connectivity index (χ2n) is 3.26. The van der Waals surface area contributed by atoms with Crippen LogP contribution in [0.4, 0.5) is 0 Å². The SMILES string of the molecule is C1=C[NH+](n2ccc3ccccc32)C=N1. The zero-order valence-electron chi connectivity index (χ0n) is 7.59.